The molecular weight excluding hydrogens is 352 g/mol. The maximum atomic E-state index is 13.0. The van der Waals surface area contributed by atoms with Crippen LogP contribution in [0.4, 0.5) is 5.82 Å². The lowest BCUT2D eigenvalue weighted by Gasteiger charge is -2.08. The SMILES string of the molecule is Cn1ncc(C#N)c1NC(=O)c1cc(-c2ccccc2)nn1-c1ccccc1. The number of nitrogens with zero attached hydrogens (tertiary/aromatic N) is 5. The van der Waals surface area contributed by atoms with Gasteiger partial charge in [-0.2, -0.15) is 15.5 Å². The molecule has 4 rings (SSSR count). The van der Waals surface area contributed by atoms with Gasteiger partial charge in [0.25, 0.3) is 5.91 Å². The zero-order valence-corrected chi connectivity index (χ0v) is 15.1. The minimum absolute atomic E-state index is 0.296. The van der Waals surface area contributed by atoms with Crippen LogP contribution in [0.2, 0.25) is 0 Å². The molecule has 0 bridgehead atoms. The van der Waals surface area contributed by atoms with Gasteiger partial charge < -0.3 is 5.32 Å². The van der Waals surface area contributed by atoms with Crippen molar-refractivity contribution in [1.82, 2.24) is 19.6 Å². The topological polar surface area (TPSA) is 88.5 Å². The number of aryl methyl sites for hydroxylation is 1. The standard InChI is InChI=1S/C21H16N6O/c1-26-20(16(13-22)14-23-26)24-21(28)19-12-18(15-8-4-2-5-9-15)25-27(19)17-10-6-3-7-11-17/h2-12,14H,1H3,(H,24,28). The van der Waals surface area contributed by atoms with Crippen molar-refractivity contribution in [3.8, 4) is 23.0 Å². The van der Waals surface area contributed by atoms with Crippen LogP contribution in [0.15, 0.2) is 72.9 Å². The van der Waals surface area contributed by atoms with E-state index in [2.05, 4.69) is 15.5 Å². The molecule has 0 aliphatic heterocycles. The van der Waals surface area contributed by atoms with Crippen molar-refractivity contribution in [1.29, 1.82) is 5.26 Å². The summed E-state index contributed by atoms with van der Waals surface area (Å²) in [6.45, 7) is 0. The molecule has 0 saturated carbocycles. The average Bonchev–Trinajstić information content (AvgIpc) is 3.34. The first-order chi connectivity index (χ1) is 13.7. The highest BCUT2D eigenvalue weighted by Gasteiger charge is 2.20. The molecule has 0 fully saturated rings. The van der Waals surface area contributed by atoms with Crippen molar-refractivity contribution >= 4 is 11.7 Å². The Morgan fingerprint density at radius 3 is 2.43 bits per heavy atom. The third kappa shape index (κ3) is 3.15. The first-order valence-corrected chi connectivity index (χ1v) is 8.61. The molecule has 7 heteroatoms. The molecule has 0 spiro atoms. The van der Waals surface area contributed by atoms with Gasteiger partial charge in [0, 0.05) is 12.6 Å². The molecule has 7 nitrogen and oxygen atoms in total. The molecule has 0 radical (unpaired) electrons. The van der Waals surface area contributed by atoms with Crippen molar-refractivity contribution in [3.05, 3.63) is 84.2 Å². The van der Waals surface area contributed by atoms with E-state index in [0.29, 0.717) is 22.8 Å². The summed E-state index contributed by atoms with van der Waals surface area (Å²) in [6.07, 6.45) is 1.42. The first-order valence-electron chi connectivity index (χ1n) is 8.61. The molecular formula is C21H16N6O. The lowest BCUT2D eigenvalue weighted by Crippen LogP contribution is -2.19. The number of amides is 1. The molecule has 2 aromatic carbocycles. The normalized spacial score (nSPS) is 10.4. The van der Waals surface area contributed by atoms with E-state index in [-0.39, 0.29) is 5.91 Å². The van der Waals surface area contributed by atoms with Crippen LogP contribution >= 0.6 is 0 Å². The minimum atomic E-state index is -0.376. The van der Waals surface area contributed by atoms with Crippen molar-refractivity contribution < 1.29 is 4.79 Å². The van der Waals surface area contributed by atoms with Crippen LogP contribution in [0.25, 0.3) is 16.9 Å². The molecule has 0 saturated heterocycles. The summed E-state index contributed by atoms with van der Waals surface area (Å²) in [7, 11) is 1.67. The molecule has 28 heavy (non-hydrogen) atoms. The van der Waals surface area contributed by atoms with Crippen LogP contribution in [0.1, 0.15) is 16.1 Å². The fraction of sp³-hybridized carbons (Fsp3) is 0.0476. The van der Waals surface area contributed by atoms with Crippen LogP contribution in [0.5, 0.6) is 0 Å². The van der Waals surface area contributed by atoms with Crippen LogP contribution in [-0.4, -0.2) is 25.5 Å². The number of carbonyl (C=O) groups is 1. The van der Waals surface area contributed by atoms with Crippen LogP contribution in [-0.2, 0) is 7.05 Å². The Labute approximate surface area is 161 Å². The third-order valence-electron chi connectivity index (χ3n) is 4.30. The highest BCUT2D eigenvalue weighted by Crippen LogP contribution is 2.23. The first kappa shape index (κ1) is 17.2. The number of nitriles is 1. The molecule has 2 heterocycles. The van der Waals surface area contributed by atoms with E-state index in [9.17, 15) is 10.1 Å². The van der Waals surface area contributed by atoms with Gasteiger partial charge in [0.05, 0.1) is 17.6 Å². The lowest BCUT2D eigenvalue weighted by molar-refractivity contribution is 0.101. The second-order valence-electron chi connectivity index (χ2n) is 6.12. The molecule has 1 N–H and O–H groups in total. The number of hydrogen-bond donors (Lipinski definition) is 1. The highest BCUT2D eigenvalue weighted by atomic mass is 16.2. The summed E-state index contributed by atoms with van der Waals surface area (Å²) in [5.41, 5.74) is 3.00. The quantitative estimate of drug-likeness (QED) is 0.598. The van der Waals surface area contributed by atoms with Gasteiger partial charge in [-0.15, -0.1) is 0 Å². The Hall–Kier alpha value is -4.18. The zero-order valence-electron chi connectivity index (χ0n) is 15.1. The summed E-state index contributed by atoms with van der Waals surface area (Å²) >= 11 is 0. The molecule has 1 amide bonds. The number of nitrogens with one attached hydrogen (secondary N) is 1. The Bertz CT molecular complexity index is 1170. The summed E-state index contributed by atoms with van der Waals surface area (Å²) in [5, 5.41) is 20.7. The fourth-order valence-electron chi connectivity index (χ4n) is 2.90. The maximum absolute atomic E-state index is 13.0. The summed E-state index contributed by atoms with van der Waals surface area (Å²) in [6, 6.07) is 22.8. The molecule has 136 valence electrons. The second kappa shape index (κ2) is 7.21. The van der Waals surface area contributed by atoms with Crippen molar-refractivity contribution in [3.63, 3.8) is 0 Å². The number of para-hydroxylation sites is 1. The predicted molar refractivity (Wildman–Crippen MR) is 105 cm³/mol. The highest BCUT2D eigenvalue weighted by molar-refractivity contribution is 6.04. The second-order valence-corrected chi connectivity index (χ2v) is 6.12. The van der Waals surface area contributed by atoms with E-state index in [4.69, 9.17) is 0 Å². The number of hydrogen-bond acceptors (Lipinski definition) is 4. The minimum Gasteiger partial charge on any atom is -0.304 e. The summed E-state index contributed by atoms with van der Waals surface area (Å²) in [4.78, 5) is 13.0. The van der Waals surface area contributed by atoms with E-state index in [1.54, 1.807) is 17.8 Å². The van der Waals surface area contributed by atoms with Gasteiger partial charge >= 0.3 is 0 Å². The zero-order chi connectivity index (χ0) is 19.5. The van der Waals surface area contributed by atoms with Gasteiger partial charge in [-0.1, -0.05) is 48.5 Å². The van der Waals surface area contributed by atoms with Crippen molar-refractivity contribution in [2.45, 2.75) is 0 Å². The molecule has 4 aromatic rings. The molecule has 0 atom stereocenters. The number of aromatic nitrogens is 4. The summed E-state index contributed by atoms with van der Waals surface area (Å²) < 4.78 is 3.05. The Kier molecular flexibility index (Phi) is 4.44. The number of carbonyl (C=O) groups excluding carboxylic acids is 1. The Balaban J connectivity index is 1.79. The Morgan fingerprint density at radius 1 is 1.07 bits per heavy atom. The van der Waals surface area contributed by atoms with E-state index < -0.39 is 0 Å². The molecule has 2 aromatic heterocycles. The van der Waals surface area contributed by atoms with Gasteiger partial charge in [-0.05, 0) is 18.2 Å². The smallest absolute Gasteiger partial charge is 0.275 e. The van der Waals surface area contributed by atoms with Gasteiger partial charge in [0.2, 0.25) is 0 Å². The summed E-state index contributed by atoms with van der Waals surface area (Å²) in [5.74, 6) is -0.0341. The average molecular weight is 368 g/mol. The van der Waals surface area contributed by atoms with Crippen molar-refractivity contribution in [2.24, 2.45) is 7.05 Å². The predicted octanol–water partition coefficient (Wildman–Crippen LogP) is 3.40. The fourth-order valence-corrected chi connectivity index (χ4v) is 2.90. The van der Waals surface area contributed by atoms with Crippen molar-refractivity contribution in [2.75, 3.05) is 5.32 Å². The molecule has 0 aliphatic rings. The van der Waals surface area contributed by atoms with E-state index in [0.717, 1.165) is 11.3 Å². The third-order valence-corrected chi connectivity index (χ3v) is 4.30. The number of rotatable bonds is 4. The Morgan fingerprint density at radius 2 is 1.75 bits per heavy atom. The number of benzene rings is 2. The molecule has 0 aliphatic carbocycles. The lowest BCUT2D eigenvalue weighted by atomic mass is 10.1. The maximum Gasteiger partial charge on any atom is 0.275 e. The van der Waals surface area contributed by atoms with Gasteiger partial charge in [-0.3, -0.25) is 9.48 Å². The largest absolute Gasteiger partial charge is 0.304 e. The number of anilines is 1. The van der Waals surface area contributed by atoms with Gasteiger partial charge in [-0.25, -0.2) is 4.68 Å². The van der Waals surface area contributed by atoms with Crippen LogP contribution in [0, 0.1) is 11.3 Å². The van der Waals surface area contributed by atoms with Gasteiger partial charge in [0.1, 0.15) is 23.1 Å². The van der Waals surface area contributed by atoms with Crippen LogP contribution in [0.3, 0.4) is 0 Å². The van der Waals surface area contributed by atoms with E-state index in [1.807, 2.05) is 66.7 Å². The van der Waals surface area contributed by atoms with E-state index >= 15 is 0 Å². The monoisotopic (exact) mass is 368 g/mol. The van der Waals surface area contributed by atoms with Crippen LogP contribution < -0.4 is 5.32 Å². The van der Waals surface area contributed by atoms with E-state index in [1.165, 1.54) is 10.9 Å². The molecule has 0 unspecified atom stereocenters. The van der Waals surface area contributed by atoms with Gasteiger partial charge in [0.15, 0.2) is 0 Å².